The summed E-state index contributed by atoms with van der Waals surface area (Å²) < 4.78 is 1.18. The Bertz CT molecular complexity index is 706. The molecule has 1 nitrogen and oxygen atoms in total. The Hall–Kier alpha value is -1.67. The van der Waals surface area contributed by atoms with E-state index >= 15 is 0 Å². The lowest BCUT2D eigenvalue weighted by molar-refractivity contribution is 0.918. The Labute approximate surface area is 121 Å². The topological polar surface area (TPSA) is 12.9 Å². The van der Waals surface area contributed by atoms with Gasteiger partial charge in [-0.25, -0.2) is 0 Å². The molecule has 0 fully saturated rings. The molecule has 3 aromatic rings. The smallest absolute Gasteiger partial charge is 0.0705 e. The summed E-state index contributed by atoms with van der Waals surface area (Å²) in [5, 5.41) is 1.20. The molecule has 2 aromatic carbocycles. The predicted molar refractivity (Wildman–Crippen MR) is 83.3 cm³/mol. The van der Waals surface area contributed by atoms with E-state index in [4.69, 9.17) is 4.98 Å². The van der Waals surface area contributed by atoms with Gasteiger partial charge in [-0.2, -0.15) is 0 Å². The molecule has 0 aliphatic rings. The molecule has 0 saturated heterocycles. The molecule has 1 aromatic heterocycles. The first-order valence-corrected chi connectivity index (χ1v) is 7.20. The van der Waals surface area contributed by atoms with Crippen LogP contribution in [0.15, 0.2) is 65.1 Å². The van der Waals surface area contributed by atoms with Crippen molar-refractivity contribution in [2.75, 3.05) is 0 Å². The molecule has 0 N–H and O–H groups in total. The van der Waals surface area contributed by atoms with E-state index in [9.17, 15) is 0 Å². The zero-order valence-corrected chi connectivity index (χ0v) is 12.1. The molecule has 94 valence electrons. The highest BCUT2D eigenvalue weighted by Crippen LogP contribution is 2.18. The highest BCUT2D eigenvalue weighted by Gasteiger charge is 2.01. The quantitative estimate of drug-likeness (QED) is 0.678. The summed E-state index contributed by atoms with van der Waals surface area (Å²) in [6, 6.07) is 20.9. The minimum Gasteiger partial charge on any atom is -0.253 e. The van der Waals surface area contributed by atoms with Gasteiger partial charge in [0.05, 0.1) is 5.52 Å². The number of benzene rings is 2. The van der Waals surface area contributed by atoms with Crippen LogP contribution < -0.4 is 0 Å². The lowest BCUT2D eigenvalue weighted by atomic mass is 10.1. The molecule has 3 rings (SSSR count). The molecule has 0 saturated carbocycles. The molecule has 0 radical (unpaired) electrons. The maximum absolute atomic E-state index is 4.70. The van der Waals surface area contributed by atoms with Crippen molar-refractivity contribution in [1.29, 1.82) is 0 Å². The van der Waals surface area contributed by atoms with Crippen molar-refractivity contribution in [3.8, 4) is 0 Å². The molecule has 0 amide bonds. The first kappa shape index (κ1) is 12.4. The van der Waals surface area contributed by atoms with Crippen LogP contribution in [-0.4, -0.2) is 4.98 Å². The summed E-state index contributed by atoms with van der Waals surface area (Å²) in [5.41, 5.74) is 3.55. The van der Waals surface area contributed by atoms with Gasteiger partial charge in [0.15, 0.2) is 0 Å². The van der Waals surface area contributed by atoms with Gasteiger partial charge in [-0.15, -0.1) is 0 Å². The number of para-hydroxylation sites is 1. The Morgan fingerprint density at radius 2 is 1.58 bits per heavy atom. The molecule has 19 heavy (non-hydrogen) atoms. The minimum atomic E-state index is 0.966. The van der Waals surface area contributed by atoms with E-state index in [1.54, 1.807) is 0 Å². The second-order valence-electron chi connectivity index (χ2n) is 4.59. The highest BCUT2D eigenvalue weighted by molar-refractivity contribution is 9.10. The summed E-state index contributed by atoms with van der Waals surface area (Å²) in [6.07, 6.45) is 1.97. The van der Waals surface area contributed by atoms with Crippen molar-refractivity contribution in [3.63, 3.8) is 0 Å². The fourth-order valence-electron chi connectivity index (χ4n) is 2.21. The van der Waals surface area contributed by atoms with E-state index in [-0.39, 0.29) is 0 Å². The van der Waals surface area contributed by atoms with Crippen LogP contribution >= 0.6 is 15.9 Å². The zero-order chi connectivity index (χ0) is 13.1. The van der Waals surface area contributed by atoms with Crippen LogP contribution in [0.2, 0.25) is 0 Å². The monoisotopic (exact) mass is 311 g/mol. The molecule has 0 atom stereocenters. The van der Waals surface area contributed by atoms with Crippen LogP contribution in [0.25, 0.3) is 10.9 Å². The summed E-state index contributed by atoms with van der Waals surface area (Å²) in [6.45, 7) is 0. The first-order chi connectivity index (χ1) is 9.33. The maximum atomic E-state index is 4.70. The van der Waals surface area contributed by atoms with Crippen LogP contribution in [0.5, 0.6) is 0 Å². The van der Waals surface area contributed by atoms with Crippen molar-refractivity contribution in [1.82, 2.24) is 4.98 Å². The van der Waals surface area contributed by atoms with Gasteiger partial charge in [-0.1, -0.05) is 58.4 Å². The van der Waals surface area contributed by atoms with Gasteiger partial charge in [0.25, 0.3) is 0 Å². The van der Waals surface area contributed by atoms with Gasteiger partial charge < -0.3 is 0 Å². The molecule has 0 aliphatic heterocycles. The molecule has 2 heteroatoms. The van der Waals surface area contributed by atoms with Crippen molar-refractivity contribution in [2.24, 2.45) is 0 Å². The summed E-state index contributed by atoms with van der Waals surface area (Å²) in [5.74, 6) is 0. The molecular weight excluding hydrogens is 298 g/mol. The maximum Gasteiger partial charge on any atom is 0.0705 e. The molecular formula is C17H14BrN. The van der Waals surface area contributed by atoms with Gasteiger partial charge in [0.2, 0.25) is 0 Å². The fraction of sp³-hybridized carbons (Fsp3) is 0.118. The molecule has 0 unspecified atom stereocenters. The standard InChI is InChI=1S/C17H14BrN/c18-16-7-3-1-5-13(16)9-11-15-12-10-14-6-2-4-8-17(14)19-15/h1-8,10,12H,9,11H2. The Balaban J connectivity index is 1.80. The van der Waals surface area contributed by atoms with Crippen molar-refractivity contribution in [2.45, 2.75) is 12.8 Å². The zero-order valence-electron chi connectivity index (χ0n) is 10.5. The average Bonchev–Trinajstić information content (AvgIpc) is 2.46. The van der Waals surface area contributed by atoms with Crippen molar-refractivity contribution in [3.05, 3.63) is 76.4 Å². The van der Waals surface area contributed by atoms with Crippen molar-refractivity contribution < 1.29 is 0 Å². The third kappa shape index (κ3) is 2.85. The summed E-state index contributed by atoms with van der Waals surface area (Å²) in [7, 11) is 0. The molecule has 0 bridgehead atoms. The van der Waals surface area contributed by atoms with Crippen LogP contribution in [0.1, 0.15) is 11.3 Å². The Morgan fingerprint density at radius 3 is 2.47 bits per heavy atom. The third-order valence-corrected chi connectivity index (χ3v) is 4.04. The largest absolute Gasteiger partial charge is 0.253 e. The van der Waals surface area contributed by atoms with E-state index in [0.29, 0.717) is 0 Å². The fourth-order valence-corrected chi connectivity index (χ4v) is 2.69. The van der Waals surface area contributed by atoms with E-state index in [2.05, 4.69) is 58.4 Å². The van der Waals surface area contributed by atoms with Crippen LogP contribution in [-0.2, 0) is 12.8 Å². The normalized spacial score (nSPS) is 10.8. The van der Waals surface area contributed by atoms with Crippen molar-refractivity contribution >= 4 is 26.8 Å². The first-order valence-electron chi connectivity index (χ1n) is 6.41. The summed E-state index contributed by atoms with van der Waals surface area (Å²) in [4.78, 5) is 4.70. The lowest BCUT2D eigenvalue weighted by Gasteiger charge is -2.05. The SMILES string of the molecule is Brc1ccccc1CCc1ccc2ccccc2n1. The number of aryl methyl sites for hydroxylation is 2. The van der Waals surface area contributed by atoms with Gasteiger partial charge in [-0.05, 0) is 36.6 Å². The minimum absolute atomic E-state index is 0.966. The number of halogens is 1. The number of fused-ring (bicyclic) bond motifs is 1. The number of hydrogen-bond donors (Lipinski definition) is 0. The predicted octanol–water partition coefficient (Wildman–Crippen LogP) is 4.78. The van der Waals surface area contributed by atoms with Gasteiger partial charge in [0, 0.05) is 15.6 Å². The number of pyridine rings is 1. The number of aromatic nitrogens is 1. The Morgan fingerprint density at radius 1 is 0.789 bits per heavy atom. The molecule has 0 aliphatic carbocycles. The van der Waals surface area contributed by atoms with E-state index in [1.807, 2.05) is 18.2 Å². The Kier molecular flexibility index (Phi) is 3.60. The summed E-state index contributed by atoms with van der Waals surface area (Å²) >= 11 is 3.59. The van der Waals surface area contributed by atoms with Crippen LogP contribution in [0, 0.1) is 0 Å². The van der Waals surface area contributed by atoms with Crippen LogP contribution in [0.4, 0.5) is 0 Å². The van der Waals surface area contributed by atoms with Gasteiger partial charge in [-0.3, -0.25) is 4.98 Å². The molecule has 1 heterocycles. The van der Waals surface area contributed by atoms with Gasteiger partial charge >= 0.3 is 0 Å². The van der Waals surface area contributed by atoms with E-state index in [0.717, 1.165) is 24.1 Å². The third-order valence-electron chi connectivity index (χ3n) is 3.26. The lowest BCUT2D eigenvalue weighted by Crippen LogP contribution is -1.95. The van der Waals surface area contributed by atoms with E-state index < -0.39 is 0 Å². The average molecular weight is 312 g/mol. The number of nitrogens with zero attached hydrogens (tertiary/aromatic N) is 1. The second-order valence-corrected chi connectivity index (χ2v) is 5.44. The van der Waals surface area contributed by atoms with Gasteiger partial charge in [0.1, 0.15) is 0 Å². The number of rotatable bonds is 3. The number of hydrogen-bond acceptors (Lipinski definition) is 1. The second kappa shape index (κ2) is 5.54. The highest BCUT2D eigenvalue weighted by atomic mass is 79.9. The molecule has 0 spiro atoms. The van der Waals surface area contributed by atoms with Crippen LogP contribution in [0.3, 0.4) is 0 Å². The van der Waals surface area contributed by atoms with E-state index in [1.165, 1.54) is 15.4 Å².